The molecular formula is C18H20N2O5. The average Bonchev–Trinajstić information content (AvgIpc) is 2.58. The Hall–Kier alpha value is -2.93. The van der Waals surface area contributed by atoms with Crippen molar-refractivity contribution in [2.45, 2.75) is 26.6 Å². The second kappa shape index (κ2) is 8.25. The number of nitrogens with zero attached hydrogens (tertiary/aromatic N) is 1. The lowest BCUT2D eigenvalue weighted by molar-refractivity contribution is -0.385. The monoisotopic (exact) mass is 344 g/mol. The molecule has 0 fully saturated rings. The molecule has 7 nitrogen and oxygen atoms in total. The molecule has 132 valence electrons. The maximum absolute atomic E-state index is 12.0. The molecule has 0 aromatic heterocycles. The van der Waals surface area contributed by atoms with Gasteiger partial charge in [-0.2, -0.15) is 0 Å². The van der Waals surface area contributed by atoms with Gasteiger partial charge in [0.1, 0.15) is 12.4 Å². The van der Waals surface area contributed by atoms with Crippen LogP contribution in [0.2, 0.25) is 0 Å². The molecule has 25 heavy (non-hydrogen) atoms. The lowest BCUT2D eigenvalue weighted by atomic mass is 10.1. The molecule has 0 aliphatic rings. The molecule has 2 aromatic carbocycles. The van der Waals surface area contributed by atoms with Crippen molar-refractivity contribution >= 4 is 11.6 Å². The minimum atomic E-state index is -0.625. The van der Waals surface area contributed by atoms with E-state index in [1.54, 1.807) is 50.2 Å². The Labute approximate surface area is 145 Å². The third-order valence-electron chi connectivity index (χ3n) is 3.66. The van der Waals surface area contributed by atoms with Crippen LogP contribution in [0, 0.1) is 17.0 Å². The topological polar surface area (TPSA) is 102 Å². The molecule has 0 spiro atoms. The molecule has 1 atom stereocenters. The number of amides is 1. The van der Waals surface area contributed by atoms with Gasteiger partial charge in [-0.05, 0) is 37.6 Å². The van der Waals surface area contributed by atoms with Gasteiger partial charge in [-0.15, -0.1) is 0 Å². The van der Waals surface area contributed by atoms with E-state index in [0.29, 0.717) is 22.4 Å². The summed E-state index contributed by atoms with van der Waals surface area (Å²) in [6, 6.07) is 11.5. The van der Waals surface area contributed by atoms with Gasteiger partial charge in [-0.25, -0.2) is 0 Å². The van der Waals surface area contributed by atoms with Crippen molar-refractivity contribution in [1.29, 1.82) is 0 Å². The van der Waals surface area contributed by atoms with Crippen LogP contribution < -0.4 is 10.1 Å². The smallest absolute Gasteiger partial charge is 0.272 e. The number of nitro groups is 1. The van der Waals surface area contributed by atoms with Crippen LogP contribution in [-0.2, 0) is 6.61 Å². The molecule has 0 heterocycles. The van der Waals surface area contributed by atoms with E-state index >= 15 is 0 Å². The Morgan fingerprint density at radius 1 is 1.32 bits per heavy atom. The predicted octanol–water partition coefficient (Wildman–Crippen LogP) is 2.59. The summed E-state index contributed by atoms with van der Waals surface area (Å²) in [6.07, 6.45) is -0.625. The number of benzene rings is 2. The van der Waals surface area contributed by atoms with Gasteiger partial charge in [0.2, 0.25) is 0 Å². The first kappa shape index (κ1) is 18.4. The molecule has 0 bridgehead atoms. The van der Waals surface area contributed by atoms with Gasteiger partial charge in [0.25, 0.3) is 11.6 Å². The number of carbonyl (C=O) groups is 1. The summed E-state index contributed by atoms with van der Waals surface area (Å²) in [5.41, 5.74) is 1.72. The van der Waals surface area contributed by atoms with Crippen molar-refractivity contribution < 1.29 is 19.6 Å². The SMILES string of the molecule is Cc1c(COc2cccc(C(=O)NCC(C)O)c2)cccc1[N+](=O)[O-]. The van der Waals surface area contributed by atoms with E-state index in [0.717, 1.165) is 0 Å². The van der Waals surface area contributed by atoms with Gasteiger partial charge in [-0.1, -0.05) is 18.2 Å². The summed E-state index contributed by atoms with van der Waals surface area (Å²) in [4.78, 5) is 22.6. The van der Waals surface area contributed by atoms with Crippen molar-refractivity contribution in [3.8, 4) is 5.75 Å². The fraction of sp³-hybridized carbons (Fsp3) is 0.278. The standard InChI is InChI=1S/C18H20N2O5/c1-12(21)10-19-18(22)14-5-3-7-16(9-14)25-11-15-6-4-8-17(13(15)2)20(23)24/h3-9,12,21H,10-11H2,1-2H3,(H,19,22). The molecule has 1 amide bonds. The Kier molecular flexibility index (Phi) is 6.08. The molecule has 7 heteroatoms. The second-order valence-corrected chi connectivity index (χ2v) is 5.69. The highest BCUT2D eigenvalue weighted by atomic mass is 16.6. The van der Waals surface area contributed by atoms with E-state index < -0.39 is 11.0 Å². The normalized spacial score (nSPS) is 11.6. The van der Waals surface area contributed by atoms with Gasteiger partial charge in [0, 0.05) is 23.7 Å². The van der Waals surface area contributed by atoms with Crippen LogP contribution in [0.1, 0.15) is 28.4 Å². The number of carbonyl (C=O) groups excluding carboxylic acids is 1. The van der Waals surface area contributed by atoms with Crippen LogP contribution in [0.15, 0.2) is 42.5 Å². The minimum Gasteiger partial charge on any atom is -0.489 e. The first-order chi connectivity index (χ1) is 11.9. The molecule has 2 aromatic rings. The Morgan fingerprint density at radius 2 is 2.04 bits per heavy atom. The number of aliphatic hydroxyl groups excluding tert-OH is 1. The highest BCUT2D eigenvalue weighted by Crippen LogP contribution is 2.23. The number of nitro benzene ring substituents is 1. The molecule has 0 aliphatic heterocycles. The van der Waals surface area contributed by atoms with Crippen molar-refractivity contribution in [3.05, 3.63) is 69.3 Å². The van der Waals surface area contributed by atoms with E-state index in [1.165, 1.54) is 6.07 Å². The Balaban J connectivity index is 2.07. The molecule has 2 N–H and O–H groups in total. The van der Waals surface area contributed by atoms with Crippen molar-refractivity contribution in [2.75, 3.05) is 6.54 Å². The molecular weight excluding hydrogens is 324 g/mol. The average molecular weight is 344 g/mol. The van der Waals surface area contributed by atoms with Crippen LogP contribution in [0.5, 0.6) is 5.75 Å². The highest BCUT2D eigenvalue weighted by Gasteiger charge is 2.14. The predicted molar refractivity (Wildman–Crippen MR) is 92.6 cm³/mol. The lowest BCUT2D eigenvalue weighted by Gasteiger charge is -2.11. The van der Waals surface area contributed by atoms with E-state index in [2.05, 4.69) is 5.32 Å². The van der Waals surface area contributed by atoms with Crippen LogP contribution in [-0.4, -0.2) is 28.6 Å². The van der Waals surface area contributed by atoms with Crippen LogP contribution in [0.3, 0.4) is 0 Å². The zero-order valence-electron chi connectivity index (χ0n) is 14.1. The van der Waals surface area contributed by atoms with Gasteiger partial charge in [0.05, 0.1) is 11.0 Å². The quantitative estimate of drug-likeness (QED) is 0.594. The number of ether oxygens (including phenoxy) is 1. The van der Waals surface area contributed by atoms with Crippen LogP contribution in [0.4, 0.5) is 5.69 Å². The van der Waals surface area contributed by atoms with Crippen molar-refractivity contribution in [1.82, 2.24) is 5.32 Å². The third kappa shape index (κ3) is 5.02. The summed E-state index contributed by atoms with van der Waals surface area (Å²) < 4.78 is 5.67. The first-order valence-electron chi connectivity index (χ1n) is 7.80. The van der Waals surface area contributed by atoms with Crippen LogP contribution >= 0.6 is 0 Å². The van der Waals surface area contributed by atoms with Crippen molar-refractivity contribution in [3.63, 3.8) is 0 Å². The van der Waals surface area contributed by atoms with E-state index in [9.17, 15) is 20.0 Å². The lowest BCUT2D eigenvalue weighted by Crippen LogP contribution is -2.30. The number of hydrogen-bond donors (Lipinski definition) is 2. The molecule has 0 saturated carbocycles. The fourth-order valence-corrected chi connectivity index (χ4v) is 2.25. The molecule has 0 radical (unpaired) electrons. The summed E-state index contributed by atoms with van der Waals surface area (Å²) >= 11 is 0. The van der Waals surface area contributed by atoms with Gasteiger partial charge < -0.3 is 15.2 Å². The van der Waals surface area contributed by atoms with Crippen molar-refractivity contribution in [2.24, 2.45) is 0 Å². The zero-order valence-corrected chi connectivity index (χ0v) is 14.1. The van der Waals surface area contributed by atoms with E-state index in [4.69, 9.17) is 4.74 Å². The van der Waals surface area contributed by atoms with E-state index in [-0.39, 0.29) is 24.7 Å². The summed E-state index contributed by atoms with van der Waals surface area (Å²) in [5.74, 6) is 0.175. The molecule has 0 saturated heterocycles. The first-order valence-corrected chi connectivity index (χ1v) is 7.80. The zero-order chi connectivity index (χ0) is 18.4. The second-order valence-electron chi connectivity index (χ2n) is 5.69. The van der Waals surface area contributed by atoms with Crippen LogP contribution in [0.25, 0.3) is 0 Å². The van der Waals surface area contributed by atoms with Gasteiger partial charge >= 0.3 is 0 Å². The summed E-state index contributed by atoms with van der Waals surface area (Å²) in [5, 5.41) is 22.8. The maximum Gasteiger partial charge on any atom is 0.272 e. The Bertz CT molecular complexity index is 774. The number of nitrogens with one attached hydrogen (secondary N) is 1. The third-order valence-corrected chi connectivity index (χ3v) is 3.66. The molecule has 1 unspecified atom stereocenters. The number of aliphatic hydroxyl groups is 1. The number of hydrogen-bond acceptors (Lipinski definition) is 5. The summed E-state index contributed by atoms with van der Waals surface area (Å²) in [6.45, 7) is 3.58. The Morgan fingerprint density at radius 3 is 2.72 bits per heavy atom. The fourth-order valence-electron chi connectivity index (χ4n) is 2.25. The maximum atomic E-state index is 12.0. The van der Waals surface area contributed by atoms with Gasteiger partial charge in [0.15, 0.2) is 0 Å². The van der Waals surface area contributed by atoms with Gasteiger partial charge in [-0.3, -0.25) is 14.9 Å². The number of rotatable bonds is 7. The largest absolute Gasteiger partial charge is 0.489 e. The highest BCUT2D eigenvalue weighted by molar-refractivity contribution is 5.94. The molecule has 2 rings (SSSR count). The minimum absolute atomic E-state index is 0.0485. The van der Waals surface area contributed by atoms with E-state index in [1.807, 2.05) is 0 Å². The summed E-state index contributed by atoms with van der Waals surface area (Å²) in [7, 11) is 0. The molecule has 0 aliphatic carbocycles.